The molecule has 0 saturated carbocycles. The second-order valence-electron chi connectivity index (χ2n) is 6.17. The molecule has 7 heteroatoms. The van der Waals surface area contributed by atoms with Crippen LogP contribution in [0.3, 0.4) is 0 Å². The number of amides is 2. The molecule has 1 aliphatic heterocycles. The van der Waals surface area contributed by atoms with Crippen molar-refractivity contribution in [3.05, 3.63) is 40.4 Å². The Morgan fingerprint density at radius 3 is 2.68 bits per heavy atom. The Morgan fingerprint density at radius 2 is 2.08 bits per heavy atom. The molecule has 0 spiro atoms. The predicted molar refractivity (Wildman–Crippen MR) is 96.7 cm³/mol. The lowest BCUT2D eigenvalue weighted by atomic mass is 10.1. The Hall–Kier alpha value is -2.41. The lowest BCUT2D eigenvalue weighted by Gasteiger charge is -2.16. The van der Waals surface area contributed by atoms with E-state index >= 15 is 0 Å². The minimum Gasteiger partial charge on any atom is -0.497 e. The molecule has 132 valence electrons. The van der Waals surface area contributed by atoms with Crippen LogP contribution in [0.5, 0.6) is 5.75 Å². The first kappa shape index (κ1) is 17.4. The minimum absolute atomic E-state index is 0.00229. The molecular weight excluding hydrogens is 338 g/mol. The van der Waals surface area contributed by atoms with Gasteiger partial charge in [0.25, 0.3) is 0 Å². The number of nitrogens with one attached hydrogen (secondary N) is 1. The number of aromatic nitrogens is 1. The molecule has 1 aromatic carbocycles. The van der Waals surface area contributed by atoms with Gasteiger partial charge >= 0.3 is 0 Å². The standard InChI is InChI=1S/C18H21N3O3S/c1-11-12(2)25-18(19-11)20-17(23)14-8-16(22)21(10-14)9-13-4-6-15(24-3)7-5-13/h4-7,14H,8-10H2,1-3H3,(H,19,20,23). The maximum atomic E-state index is 12.4. The zero-order valence-electron chi connectivity index (χ0n) is 14.5. The van der Waals surface area contributed by atoms with Crippen LogP contribution >= 0.6 is 11.3 Å². The number of anilines is 1. The van der Waals surface area contributed by atoms with E-state index in [2.05, 4.69) is 10.3 Å². The predicted octanol–water partition coefficient (Wildman–Crippen LogP) is 2.76. The summed E-state index contributed by atoms with van der Waals surface area (Å²) in [5.41, 5.74) is 1.94. The van der Waals surface area contributed by atoms with Crippen LogP contribution in [0.2, 0.25) is 0 Å². The van der Waals surface area contributed by atoms with E-state index in [4.69, 9.17) is 4.74 Å². The largest absolute Gasteiger partial charge is 0.497 e. The summed E-state index contributed by atoms with van der Waals surface area (Å²) in [6.45, 7) is 4.82. The van der Waals surface area contributed by atoms with Crippen molar-refractivity contribution < 1.29 is 14.3 Å². The summed E-state index contributed by atoms with van der Waals surface area (Å²) in [5.74, 6) is 0.305. The number of carbonyl (C=O) groups is 2. The highest BCUT2D eigenvalue weighted by Gasteiger charge is 2.34. The van der Waals surface area contributed by atoms with E-state index in [1.165, 1.54) is 11.3 Å². The summed E-state index contributed by atoms with van der Waals surface area (Å²) in [4.78, 5) is 31.8. The van der Waals surface area contributed by atoms with Crippen molar-refractivity contribution in [1.29, 1.82) is 0 Å². The summed E-state index contributed by atoms with van der Waals surface area (Å²) in [6.07, 6.45) is 0.241. The number of aryl methyl sites for hydroxylation is 2. The molecule has 25 heavy (non-hydrogen) atoms. The van der Waals surface area contributed by atoms with Crippen LogP contribution in [0.4, 0.5) is 5.13 Å². The highest BCUT2D eigenvalue weighted by Crippen LogP contribution is 2.25. The summed E-state index contributed by atoms with van der Waals surface area (Å²) < 4.78 is 5.14. The maximum Gasteiger partial charge on any atom is 0.231 e. The quantitative estimate of drug-likeness (QED) is 0.891. The molecule has 0 aliphatic carbocycles. The second kappa shape index (κ2) is 7.23. The van der Waals surface area contributed by atoms with Gasteiger partial charge in [-0.1, -0.05) is 12.1 Å². The van der Waals surface area contributed by atoms with Gasteiger partial charge in [-0.15, -0.1) is 11.3 Å². The van der Waals surface area contributed by atoms with Gasteiger partial charge in [-0.2, -0.15) is 0 Å². The van der Waals surface area contributed by atoms with E-state index in [1.54, 1.807) is 12.0 Å². The summed E-state index contributed by atoms with van der Waals surface area (Å²) >= 11 is 1.46. The lowest BCUT2D eigenvalue weighted by molar-refractivity contribution is -0.128. The Bertz CT molecular complexity index is 766. The third-order valence-corrected chi connectivity index (χ3v) is 5.36. The number of nitrogens with zero attached hydrogens (tertiary/aromatic N) is 2. The molecule has 2 heterocycles. The van der Waals surface area contributed by atoms with Gasteiger partial charge in [-0.3, -0.25) is 9.59 Å². The highest BCUT2D eigenvalue weighted by atomic mass is 32.1. The van der Waals surface area contributed by atoms with Crippen molar-refractivity contribution in [2.45, 2.75) is 26.8 Å². The van der Waals surface area contributed by atoms with Crippen LogP contribution in [0, 0.1) is 19.8 Å². The van der Waals surface area contributed by atoms with Gasteiger partial charge in [0.2, 0.25) is 11.8 Å². The van der Waals surface area contributed by atoms with Crippen molar-refractivity contribution in [1.82, 2.24) is 9.88 Å². The highest BCUT2D eigenvalue weighted by molar-refractivity contribution is 7.15. The van der Waals surface area contributed by atoms with Crippen LogP contribution in [0.1, 0.15) is 22.6 Å². The molecule has 1 unspecified atom stereocenters. The van der Waals surface area contributed by atoms with Crippen molar-refractivity contribution in [3.63, 3.8) is 0 Å². The van der Waals surface area contributed by atoms with Crippen molar-refractivity contribution >= 4 is 28.3 Å². The fourth-order valence-electron chi connectivity index (χ4n) is 2.79. The van der Waals surface area contributed by atoms with Crippen LogP contribution < -0.4 is 10.1 Å². The molecule has 1 aromatic heterocycles. The van der Waals surface area contributed by atoms with Crippen molar-refractivity contribution in [2.24, 2.45) is 5.92 Å². The first-order valence-corrected chi connectivity index (χ1v) is 8.93. The Labute approximate surface area is 150 Å². The van der Waals surface area contributed by atoms with Crippen molar-refractivity contribution in [2.75, 3.05) is 19.0 Å². The molecule has 2 amide bonds. The Morgan fingerprint density at radius 1 is 1.36 bits per heavy atom. The molecule has 1 fully saturated rings. The van der Waals surface area contributed by atoms with Gasteiger partial charge in [-0.05, 0) is 31.5 Å². The molecule has 1 aliphatic rings. The molecule has 1 atom stereocenters. The third-order valence-electron chi connectivity index (χ3n) is 4.38. The zero-order valence-corrected chi connectivity index (χ0v) is 15.4. The summed E-state index contributed by atoms with van der Waals surface area (Å²) in [7, 11) is 1.62. The second-order valence-corrected chi connectivity index (χ2v) is 7.38. The van der Waals surface area contributed by atoms with Gasteiger partial charge in [-0.25, -0.2) is 4.98 Å². The monoisotopic (exact) mass is 359 g/mol. The number of thiazole rings is 1. The summed E-state index contributed by atoms with van der Waals surface area (Å²) in [6, 6.07) is 7.60. The van der Waals surface area contributed by atoms with Gasteiger partial charge in [0.15, 0.2) is 5.13 Å². The molecule has 1 N–H and O–H groups in total. The van der Waals surface area contributed by atoms with Gasteiger partial charge in [0.05, 0.1) is 18.7 Å². The van der Waals surface area contributed by atoms with Gasteiger partial charge in [0, 0.05) is 24.4 Å². The number of carbonyl (C=O) groups excluding carboxylic acids is 2. The smallest absolute Gasteiger partial charge is 0.231 e. The maximum absolute atomic E-state index is 12.4. The molecular formula is C18H21N3O3S. The van der Waals surface area contributed by atoms with Crippen molar-refractivity contribution in [3.8, 4) is 5.75 Å². The van der Waals surface area contributed by atoms with Crippen LogP contribution in [0.15, 0.2) is 24.3 Å². The number of methoxy groups -OCH3 is 1. The first-order chi connectivity index (χ1) is 12.0. The molecule has 1 saturated heterocycles. The number of benzene rings is 1. The van der Waals surface area contributed by atoms with E-state index in [1.807, 2.05) is 38.1 Å². The molecule has 0 radical (unpaired) electrons. The topological polar surface area (TPSA) is 71.5 Å². The van der Waals surface area contributed by atoms with E-state index < -0.39 is 0 Å². The third kappa shape index (κ3) is 3.99. The average molecular weight is 359 g/mol. The molecule has 6 nitrogen and oxygen atoms in total. The number of likely N-dealkylation sites (tertiary alicyclic amines) is 1. The van der Waals surface area contributed by atoms with Gasteiger partial charge < -0.3 is 15.0 Å². The molecule has 3 rings (SSSR count). The van der Waals surface area contributed by atoms with E-state index in [0.29, 0.717) is 18.2 Å². The zero-order chi connectivity index (χ0) is 18.0. The first-order valence-electron chi connectivity index (χ1n) is 8.12. The van der Waals surface area contributed by atoms with Crippen LogP contribution in [-0.2, 0) is 16.1 Å². The number of rotatable bonds is 5. The van der Waals surface area contributed by atoms with E-state index in [9.17, 15) is 9.59 Å². The molecule has 2 aromatic rings. The normalized spacial score (nSPS) is 17.0. The molecule has 0 bridgehead atoms. The van der Waals surface area contributed by atoms with E-state index in [-0.39, 0.29) is 24.2 Å². The number of ether oxygens (including phenoxy) is 1. The van der Waals surface area contributed by atoms with Crippen LogP contribution in [-0.4, -0.2) is 35.4 Å². The summed E-state index contributed by atoms with van der Waals surface area (Å²) in [5, 5.41) is 3.44. The van der Waals surface area contributed by atoms with Crippen LogP contribution in [0.25, 0.3) is 0 Å². The Kier molecular flexibility index (Phi) is 5.03. The number of hydrogen-bond donors (Lipinski definition) is 1. The fourth-order valence-corrected chi connectivity index (χ4v) is 3.60. The minimum atomic E-state index is -0.338. The SMILES string of the molecule is COc1ccc(CN2CC(C(=O)Nc3nc(C)c(C)s3)CC2=O)cc1. The van der Waals surface area contributed by atoms with E-state index in [0.717, 1.165) is 21.9 Å². The fraction of sp³-hybridized carbons (Fsp3) is 0.389. The lowest BCUT2D eigenvalue weighted by Crippen LogP contribution is -2.28. The number of hydrogen-bond acceptors (Lipinski definition) is 5. The van der Waals surface area contributed by atoms with Gasteiger partial charge in [0.1, 0.15) is 5.75 Å². The average Bonchev–Trinajstić information content (AvgIpc) is 3.11. The Balaban J connectivity index is 1.60.